The number of hydrogen-bond acceptors (Lipinski definition) is 4. The number of carbonyl (C=O) groups excluding carboxylic acids is 2. The van der Waals surface area contributed by atoms with E-state index in [1.54, 1.807) is 18.2 Å². The molecule has 1 amide bonds. The molecule has 1 N–H and O–H groups in total. The number of rotatable bonds is 7. The molecule has 2 aromatic rings. The summed E-state index contributed by atoms with van der Waals surface area (Å²) in [6.07, 6.45) is 1.19. The van der Waals surface area contributed by atoms with Crippen LogP contribution in [0, 0.1) is 0 Å². The molecule has 0 aromatic heterocycles. The van der Waals surface area contributed by atoms with Crippen LogP contribution >= 0.6 is 15.9 Å². The quantitative estimate of drug-likeness (QED) is 0.640. The van der Waals surface area contributed by atoms with E-state index in [0.29, 0.717) is 23.6 Å². The molecular formula is C21H22BrNO4. The second kappa shape index (κ2) is 8.57. The first-order valence-corrected chi connectivity index (χ1v) is 9.80. The number of carbonyl (C=O) groups is 2. The van der Waals surface area contributed by atoms with Crippen molar-refractivity contribution in [2.45, 2.75) is 39.2 Å². The van der Waals surface area contributed by atoms with E-state index < -0.39 is 0 Å². The zero-order valence-corrected chi connectivity index (χ0v) is 17.0. The van der Waals surface area contributed by atoms with Crippen molar-refractivity contribution in [1.29, 1.82) is 0 Å². The van der Waals surface area contributed by atoms with Gasteiger partial charge in [-0.3, -0.25) is 9.59 Å². The topological polar surface area (TPSA) is 64.6 Å². The lowest BCUT2D eigenvalue weighted by molar-refractivity contribution is -0.116. The van der Waals surface area contributed by atoms with Crippen LogP contribution in [-0.4, -0.2) is 24.4 Å². The van der Waals surface area contributed by atoms with Crippen LogP contribution in [0.5, 0.6) is 11.5 Å². The van der Waals surface area contributed by atoms with Gasteiger partial charge in [0.15, 0.2) is 5.78 Å². The Labute approximate surface area is 167 Å². The third-order valence-electron chi connectivity index (χ3n) is 4.32. The summed E-state index contributed by atoms with van der Waals surface area (Å²) in [5, 5.41) is 2.85. The van der Waals surface area contributed by atoms with Crippen molar-refractivity contribution in [3.63, 3.8) is 0 Å². The van der Waals surface area contributed by atoms with Crippen LogP contribution in [0.4, 0.5) is 5.69 Å². The Morgan fingerprint density at radius 2 is 1.96 bits per heavy atom. The Balaban J connectivity index is 1.64. The monoisotopic (exact) mass is 431 g/mol. The van der Waals surface area contributed by atoms with Crippen LogP contribution in [0.2, 0.25) is 0 Å². The van der Waals surface area contributed by atoms with Gasteiger partial charge in [0.2, 0.25) is 5.91 Å². The van der Waals surface area contributed by atoms with E-state index in [1.807, 2.05) is 32.0 Å². The van der Waals surface area contributed by atoms with Gasteiger partial charge in [0, 0.05) is 40.9 Å². The number of fused-ring (bicyclic) bond motifs is 1. The average molecular weight is 432 g/mol. The van der Waals surface area contributed by atoms with Gasteiger partial charge in [-0.25, -0.2) is 0 Å². The number of hydrogen-bond donors (Lipinski definition) is 1. The lowest BCUT2D eigenvalue weighted by Crippen LogP contribution is -2.14. The summed E-state index contributed by atoms with van der Waals surface area (Å²) in [5.41, 5.74) is 2.25. The Morgan fingerprint density at radius 1 is 1.22 bits per heavy atom. The standard InChI is InChI=1S/C21H22BrNO4/c1-3-26-20-11-15-10-13(2)27-19(15)12-17(20)23-21(25)9-8-18(24)14-4-6-16(22)7-5-14/h4-7,11-13H,3,8-10H2,1-2H3,(H,23,25). The van der Waals surface area contributed by atoms with Crippen molar-refractivity contribution in [2.24, 2.45) is 0 Å². The molecule has 1 aliphatic rings. The SMILES string of the molecule is CCOc1cc2c(cc1NC(=O)CCC(=O)c1ccc(Br)cc1)OC(C)C2. The first-order valence-electron chi connectivity index (χ1n) is 9.01. The number of amides is 1. The van der Waals surface area contributed by atoms with Gasteiger partial charge in [-0.2, -0.15) is 0 Å². The fourth-order valence-electron chi connectivity index (χ4n) is 3.03. The van der Waals surface area contributed by atoms with E-state index in [9.17, 15) is 9.59 Å². The minimum atomic E-state index is -0.229. The van der Waals surface area contributed by atoms with E-state index in [4.69, 9.17) is 9.47 Å². The zero-order valence-electron chi connectivity index (χ0n) is 15.4. The van der Waals surface area contributed by atoms with Crippen LogP contribution in [0.15, 0.2) is 40.9 Å². The van der Waals surface area contributed by atoms with Gasteiger partial charge in [-0.15, -0.1) is 0 Å². The first-order chi connectivity index (χ1) is 13.0. The largest absolute Gasteiger partial charge is 0.492 e. The van der Waals surface area contributed by atoms with Crippen LogP contribution in [0.1, 0.15) is 42.6 Å². The molecular weight excluding hydrogens is 410 g/mol. The van der Waals surface area contributed by atoms with Crippen LogP contribution in [0.25, 0.3) is 0 Å². The predicted molar refractivity (Wildman–Crippen MR) is 108 cm³/mol. The maximum atomic E-state index is 12.4. The summed E-state index contributed by atoms with van der Waals surface area (Å²) >= 11 is 3.34. The van der Waals surface area contributed by atoms with Crippen molar-refractivity contribution >= 4 is 33.3 Å². The van der Waals surface area contributed by atoms with Gasteiger partial charge < -0.3 is 14.8 Å². The summed E-state index contributed by atoms with van der Waals surface area (Å²) in [5.74, 6) is 1.11. The van der Waals surface area contributed by atoms with Gasteiger partial charge in [-0.1, -0.05) is 28.1 Å². The molecule has 142 valence electrons. The Hall–Kier alpha value is -2.34. The number of benzene rings is 2. The number of nitrogens with one attached hydrogen (secondary N) is 1. The molecule has 2 aromatic carbocycles. The highest BCUT2D eigenvalue weighted by Gasteiger charge is 2.22. The Kier molecular flexibility index (Phi) is 6.16. The van der Waals surface area contributed by atoms with E-state index in [0.717, 1.165) is 22.2 Å². The number of ether oxygens (including phenoxy) is 2. The van der Waals surface area contributed by atoms with Crippen molar-refractivity contribution < 1.29 is 19.1 Å². The van der Waals surface area contributed by atoms with Crippen molar-refractivity contribution in [2.75, 3.05) is 11.9 Å². The van der Waals surface area contributed by atoms with Gasteiger partial charge >= 0.3 is 0 Å². The summed E-state index contributed by atoms with van der Waals surface area (Å²) in [6.45, 7) is 4.40. The molecule has 27 heavy (non-hydrogen) atoms. The van der Waals surface area contributed by atoms with Crippen LogP contribution in [-0.2, 0) is 11.2 Å². The van der Waals surface area contributed by atoms with Gasteiger partial charge in [-0.05, 0) is 32.0 Å². The third-order valence-corrected chi connectivity index (χ3v) is 4.85. The molecule has 0 radical (unpaired) electrons. The molecule has 5 nitrogen and oxygen atoms in total. The maximum absolute atomic E-state index is 12.4. The maximum Gasteiger partial charge on any atom is 0.224 e. The number of halogens is 1. The highest BCUT2D eigenvalue weighted by atomic mass is 79.9. The first kappa shape index (κ1) is 19.4. The number of ketones is 1. The van der Waals surface area contributed by atoms with Crippen molar-refractivity contribution in [3.05, 3.63) is 52.0 Å². The summed E-state index contributed by atoms with van der Waals surface area (Å²) in [6, 6.07) is 10.8. The number of Topliss-reactive ketones (excluding diaryl/α,β-unsaturated/α-hetero) is 1. The average Bonchev–Trinajstić information content (AvgIpc) is 2.99. The predicted octanol–water partition coefficient (Wildman–Crippen LogP) is 4.77. The lowest BCUT2D eigenvalue weighted by atomic mass is 10.1. The smallest absolute Gasteiger partial charge is 0.224 e. The van der Waals surface area contributed by atoms with E-state index in [2.05, 4.69) is 21.2 Å². The minimum Gasteiger partial charge on any atom is -0.492 e. The summed E-state index contributed by atoms with van der Waals surface area (Å²) in [4.78, 5) is 24.6. The highest BCUT2D eigenvalue weighted by Crippen LogP contribution is 2.38. The molecule has 1 atom stereocenters. The lowest BCUT2D eigenvalue weighted by Gasteiger charge is -2.13. The second-order valence-electron chi connectivity index (χ2n) is 6.50. The molecule has 1 aliphatic heterocycles. The van der Waals surface area contributed by atoms with Gasteiger partial charge in [0.05, 0.1) is 12.3 Å². The molecule has 3 rings (SSSR count). The second-order valence-corrected chi connectivity index (χ2v) is 7.42. The normalized spacial score (nSPS) is 15.0. The highest BCUT2D eigenvalue weighted by molar-refractivity contribution is 9.10. The molecule has 1 heterocycles. The molecule has 0 bridgehead atoms. The number of anilines is 1. The molecule has 6 heteroatoms. The fraction of sp³-hybridized carbons (Fsp3) is 0.333. The fourth-order valence-corrected chi connectivity index (χ4v) is 3.30. The molecule has 1 unspecified atom stereocenters. The molecule has 0 fully saturated rings. The van der Waals surface area contributed by atoms with E-state index in [-0.39, 0.29) is 30.6 Å². The van der Waals surface area contributed by atoms with E-state index in [1.165, 1.54) is 0 Å². The van der Waals surface area contributed by atoms with E-state index >= 15 is 0 Å². The molecule has 0 spiro atoms. The zero-order chi connectivity index (χ0) is 19.4. The molecule has 0 saturated heterocycles. The summed E-state index contributed by atoms with van der Waals surface area (Å²) in [7, 11) is 0. The van der Waals surface area contributed by atoms with Gasteiger partial charge in [0.25, 0.3) is 0 Å². The van der Waals surface area contributed by atoms with Crippen molar-refractivity contribution in [1.82, 2.24) is 0 Å². The molecule has 0 aliphatic carbocycles. The Morgan fingerprint density at radius 3 is 2.67 bits per heavy atom. The Bertz CT molecular complexity index is 848. The van der Waals surface area contributed by atoms with Crippen LogP contribution in [0.3, 0.4) is 0 Å². The van der Waals surface area contributed by atoms with Crippen molar-refractivity contribution in [3.8, 4) is 11.5 Å². The summed E-state index contributed by atoms with van der Waals surface area (Å²) < 4.78 is 12.3. The minimum absolute atomic E-state index is 0.0613. The molecule has 0 saturated carbocycles. The van der Waals surface area contributed by atoms with Crippen LogP contribution < -0.4 is 14.8 Å². The third kappa shape index (κ3) is 4.89. The van der Waals surface area contributed by atoms with Gasteiger partial charge in [0.1, 0.15) is 17.6 Å².